The Labute approximate surface area is 105 Å². The van der Waals surface area contributed by atoms with Crippen molar-refractivity contribution in [2.24, 2.45) is 0 Å². The number of nitrogens with one attached hydrogen (secondary N) is 2. The lowest BCUT2D eigenvalue weighted by atomic mass is 10.1. The summed E-state index contributed by atoms with van der Waals surface area (Å²) in [6.07, 6.45) is 0. The van der Waals surface area contributed by atoms with Gasteiger partial charge in [0.05, 0.1) is 19.3 Å². The maximum Gasteiger partial charge on any atom is 0.319 e. The summed E-state index contributed by atoms with van der Waals surface area (Å²) in [5.41, 5.74) is -0.436. The first kappa shape index (κ1) is 14.2. The molecule has 0 aliphatic rings. The van der Waals surface area contributed by atoms with E-state index < -0.39 is 17.4 Å². The lowest BCUT2D eigenvalue weighted by molar-refractivity contribution is 0.187. The Hall–Kier alpha value is -1.82. The van der Waals surface area contributed by atoms with E-state index in [1.807, 2.05) is 0 Å². The second kappa shape index (κ2) is 5.68. The van der Waals surface area contributed by atoms with Gasteiger partial charge in [0.25, 0.3) is 0 Å². The Morgan fingerprint density at radius 2 is 2.17 bits per heavy atom. The molecule has 0 fully saturated rings. The van der Waals surface area contributed by atoms with Crippen LogP contribution in [0.4, 0.5) is 14.9 Å². The van der Waals surface area contributed by atoms with Crippen LogP contribution >= 0.6 is 0 Å². The summed E-state index contributed by atoms with van der Waals surface area (Å²) in [6.45, 7) is 3.14. The van der Waals surface area contributed by atoms with E-state index in [1.165, 1.54) is 19.2 Å². The topological polar surface area (TPSA) is 70.6 Å². The molecule has 0 bridgehead atoms. The predicted molar refractivity (Wildman–Crippen MR) is 66.3 cm³/mol. The number of aliphatic hydroxyl groups is 1. The van der Waals surface area contributed by atoms with Gasteiger partial charge in [0.15, 0.2) is 11.6 Å². The number of urea groups is 1. The van der Waals surface area contributed by atoms with E-state index >= 15 is 0 Å². The minimum atomic E-state index is -0.741. The van der Waals surface area contributed by atoms with E-state index in [0.29, 0.717) is 5.69 Å². The SMILES string of the molecule is COc1ccc(NC(=O)NC(C)(C)CO)cc1F. The van der Waals surface area contributed by atoms with E-state index in [-0.39, 0.29) is 12.4 Å². The van der Waals surface area contributed by atoms with Crippen molar-refractivity contribution in [2.75, 3.05) is 19.0 Å². The van der Waals surface area contributed by atoms with Gasteiger partial charge in [-0.1, -0.05) is 0 Å². The van der Waals surface area contributed by atoms with Crippen molar-refractivity contribution in [3.05, 3.63) is 24.0 Å². The molecule has 0 atom stereocenters. The molecule has 0 saturated carbocycles. The number of aliphatic hydroxyl groups excluding tert-OH is 1. The zero-order chi connectivity index (χ0) is 13.8. The normalized spacial score (nSPS) is 10.9. The third kappa shape index (κ3) is 3.89. The average Bonchev–Trinajstić information content (AvgIpc) is 2.28. The predicted octanol–water partition coefficient (Wildman–Crippen LogP) is 1.73. The smallest absolute Gasteiger partial charge is 0.319 e. The molecule has 0 radical (unpaired) electrons. The number of halogens is 1. The molecule has 1 aromatic rings. The fraction of sp³-hybridized carbons (Fsp3) is 0.417. The van der Waals surface area contributed by atoms with Gasteiger partial charge in [-0.15, -0.1) is 0 Å². The second-order valence-corrected chi connectivity index (χ2v) is 4.47. The first-order valence-electron chi connectivity index (χ1n) is 5.41. The number of carbonyl (C=O) groups is 1. The fourth-order valence-electron chi connectivity index (χ4n) is 1.25. The zero-order valence-corrected chi connectivity index (χ0v) is 10.6. The minimum absolute atomic E-state index is 0.108. The van der Waals surface area contributed by atoms with Crippen LogP contribution in [0.2, 0.25) is 0 Å². The molecule has 0 saturated heterocycles. The number of ether oxygens (including phenoxy) is 1. The van der Waals surface area contributed by atoms with Crippen molar-refractivity contribution in [1.82, 2.24) is 5.32 Å². The largest absolute Gasteiger partial charge is 0.494 e. The van der Waals surface area contributed by atoms with Crippen LogP contribution in [0.25, 0.3) is 0 Å². The van der Waals surface area contributed by atoms with Crippen molar-refractivity contribution in [3.63, 3.8) is 0 Å². The van der Waals surface area contributed by atoms with Gasteiger partial charge in [-0.3, -0.25) is 0 Å². The third-order valence-corrected chi connectivity index (χ3v) is 2.26. The van der Waals surface area contributed by atoms with Gasteiger partial charge in [-0.05, 0) is 26.0 Å². The molecule has 0 aliphatic carbocycles. The Morgan fingerprint density at radius 1 is 1.50 bits per heavy atom. The summed E-state index contributed by atoms with van der Waals surface area (Å²) >= 11 is 0. The summed E-state index contributed by atoms with van der Waals surface area (Å²) in [6, 6.07) is 3.58. The molecule has 1 rings (SSSR count). The summed E-state index contributed by atoms with van der Waals surface area (Å²) in [5.74, 6) is -0.451. The Bertz CT molecular complexity index is 435. The molecule has 18 heavy (non-hydrogen) atoms. The van der Waals surface area contributed by atoms with Gasteiger partial charge < -0.3 is 20.5 Å². The molecule has 100 valence electrons. The van der Waals surface area contributed by atoms with Gasteiger partial charge >= 0.3 is 6.03 Å². The van der Waals surface area contributed by atoms with E-state index in [9.17, 15) is 9.18 Å². The fourth-order valence-corrected chi connectivity index (χ4v) is 1.25. The van der Waals surface area contributed by atoms with Crippen LogP contribution in [-0.4, -0.2) is 30.4 Å². The quantitative estimate of drug-likeness (QED) is 0.768. The molecule has 6 heteroatoms. The standard InChI is InChI=1S/C12H17FN2O3/c1-12(2,7-16)15-11(17)14-8-4-5-10(18-3)9(13)6-8/h4-6,16H,7H2,1-3H3,(H2,14,15,17). The lowest BCUT2D eigenvalue weighted by Crippen LogP contribution is -2.48. The molecule has 0 heterocycles. The van der Waals surface area contributed by atoms with E-state index in [4.69, 9.17) is 9.84 Å². The molecule has 5 nitrogen and oxygen atoms in total. The number of methoxy groups -OCH3 is 1. The van der Waals surface area contributed by atoms with E-state index in [0.717, 1.165) is 6.07 Å². The van der Waals surface area contributed by atoms with Crippen molar-refractivity contribution in [1.29, 1.82) is 0 Å². The highest BCUT2D eigenvalue weighted by Crippen LogP contribution is 2.20. The molecule has 0 aliphatic heterocycles. The number of anilines is 1. The highest BCUT2D eigenvalue weighted by Gasteiger charge is 2.19. The van der Waals surface area contributed by atoms with Crippen LogP contribution < -0.4 is 15.4 Å². The molecule has 0 spiro atoms. The monoisotopic (exact) mass is 256 g/mol. The first-order chi connectivity index (χ1) is 8.38. The van der Waals surface area contributed by atoms with Crippen molar-refractivity contribution < 1.29 is 19.0 Å². The summed E-state index contributed by atoms with van der Waals surface area (Å²) in [4.78, 5) is 11.6. The van der Waals surface area contributed by atoms with Crippen LogP contribution in [0.5, 0.6) is 5.75 Å². The molecule has 1 aromatic carbocycles. The maximum atomic E-state index is 13.4. The maximum absolute atomic E-state index is 13.4. The Balaban J connectivity index is 2.68. The van der Waals surface area contributed by atoms with Gasteiger partial charge in [-0.2, -0.15) is 0 Å². The number of carbonyl (C=O) groups excluding carboxylic acids is 1. The molecule has 3 N–H and O–H groups in total. The molecule has 0 unspecified atom stereocenters. The second-order valence-electron chi connectivity index (χ2n) is 4.47. The van der Waals surface area contributed by atoms with Crippen LogP contribution in [0, 0.1) is 5.82 Å². The number of hydrogen-bond donors (Lipinski definition) is 3. The highest BCUT2D eigenvalue weighted by atomic mass is 19.1. The zero-order valence-electron chi connectivity index (χ0n) is 10.6. The van der Waals surface area contributed by atoms with Crippen molar-refractivity contribution in [3.8, 4) is 5.75 Å². The number of hydrogen-bond acceptors (Lipinski definition) is 3. The van der Waals surface area contributed by atoms with Gasteiger partial charge in [0.2, 0.25) is 0 Å². The molecule has 2 amide bonds. The van der Waals surface area contributed by atoms with Crippen molar-refractivity contribution >= 4 is 11.7 Å². The van der Waals surface area contributed by atoms with Crippen LogP contribution in [0.15, 0.2) is 18.2 Å². The molecule has 0 aromatic heterocycles. The summed E-state index contributed by atoms with van der Waals surface area (Å²) in [5, 5.41) is 14.0. The van der Waals surface area contributed by atoms with Gasteiger partial charge in [0, 0.05) is 11.8 Å². The van der Waals surface area contributed by atoms with Crippen LogP contribution in [-0.2, 0) is 0 Å². The Morgan fingerprint density at radius 3 is 2.67 bits per heavy atom. The summed E-state index contributed by atoms with van der Waals surface area (Å²) in [7, 11) is 1.36. The minimum Gasteiger partial charge on any atom is -0.494 e. The number of amides is 2. The molecular formula is C12H17FN2O3. The summed E-state index contributed by atoms with van der Waals surface area (Å²) < 4.78 is 18.1. The number of rotatable bonds is 4. The lowest BCUT2D eigenvalue weighted by Gasteiger charge is -2.23. The van der Waals surface area contributed by atoms with Gasteiger partial charge in [-0.25, -0.2) is 9.18 Å². The van der Waals surface area contributed by atoms with Crippen LogP contribution in [0.1, 0.15) is 13.8 Å². The molecular weight excluding hydrogens is 239 g/mol. The van der Waals surface area contributed by atoms with Crippen LogP contribution in [0.3, 0.4) is 0 Å². The Kier molecular flexibility index (Phi) is 4.49. The number of benzene rings is 1. The first-order valence-corrected chi connectivity index (χ1v) is 5.41. The van der Waals surface area contributed by atoms with E-state index in [2.05, 4.69) is 10.6 Å². The third-order valence-electron chi connectivity index (χ3n) is 2.26. The van der Waals surface area contributed by atoms with E-state index in [1.54, 1.807) is 13.8 Å². The van der Waals surface area contributed by atoms with Gasteiger partial charge in [0.1, 0.15) is 0 Å². The van der Waals surface area contributed by atoms with Crippen molar-refractivity contribution in [2.45, 2.75) is 19.4 Å². The average molecular weight is 256 g/mol. The highest BCUT2D eigenvalue weighted by molar-refractivity contribution is 5.89.